The predicted octanol–water partition coefficient (Wildman–Crippen LogP) is 12.3. The van der Waals surface area contributed by atoms with Crippen molar-refractivity contribution in [2.45, 2.75) is 0 Å². The van der Waals surface area contributed by atoms with Crippen molar-refractivity contribution in [3.63, 3.8) is 0 Å². The summed E-state index contributed by atoms with van der Waals surface area (Å²) in [5, 5.41) is 10.1. The van der Waals surface area contributed by atoms with Gasteiger partial charge in [-0.05, 0) is 23.3 Å². The van der Waals surface area contributed by atoms with Crippen molar-refractivity contribution < 1.29 is 0 Å². The molecule has 0 fully saturated rings. The van der Waals surface area contributed by atoms with Gasteiger partial charge in [0.25, 0.3) is 0 Å². The molecule has 0 radical (unpaired) electrons. The van der Waals surface area contributed by atoms with E-state index in [1.165, 1.54) is 54.2 Å². The van der Waals surface area contributed by atoms with E-state index in [2.05, 4.69) is 158 Å². The zero-order chi connectivity index (χ0) is 31.6. The highest BCUT2D eigenvalue weighted by Crippen LogP contribution is 2.48. The molecule has 48 heavy (non-hydrogen) atoms. The maximum Gasteiger partial charge on any atom is 0.0888 e. The second kappa shape index (κ2) is 10.6. The number of aromatic nitrogens is 2. The largest absolute Gasteiger partial charge is 0.250 e. The lowest BCUT2D eigenvalue weighted by atomic mass is 9.90. The van der Waals surface area contributed by atoms with Gasteiger partial charge in [0.2, 0.25) is 0 Å². The number of hydrogen-bond donors (Lipinski definition) is 0. The van der Waals surface area contributed by atoms with Crippen molar-refractivity contribution in [2.24, 2.45) is 0 Å². The molecule has 9 aromatic carbocycles. The second-order valence-electron chi connectivity index (χ2n) is 12.4. The van der Waals surface area contributed by atoms with Crippen LogP contribution in [0.1, 0.15) is 0 Å². The third-order valence-corrected chi connectivity index (χ3v) is 9.84. The number of hydrogen-bond acceptors (Lipinski definition) is 2. The van der Waals surface area contributed by atoms with Crippen molar-refractivity contribution in [1.29, 1.82) is 0 Å². The highest BCUT2D eigenvalue weighted by molar-refractivity contribution is 6.25. The van der Waals surface area contributed by atoms with Gasteiger partial charge in [0.1, 0.15) is 0 Å². The maximum absolute atomic E-state index is 5.44. The number of fused-ring (bicyclic) bond motifs is 7. The molecule has 0 bridgehead atoms. The van der Waals surface area contributed by atoms with E-state index in [0.29, 0.717) is 0 Å². The molecule has 0 spiro atoms. The van der Waals surface area contributed by atoms with Crippen LogP contribution in [0.4, 0.5) is 0 Å². The van der Waals surface area contributed by atoms with E-state index in [-0.39, 0.29) is 0 Å². The summed E-state index contributed by atoms with van der Waals surface area (Å²) in [6, 6.07) is 60.6. The van der Waals surface area contributed by atoms with E-state index in [4.69, 9.17) is 9.97 Å². The van der Waals surface area contributed by atoms with Crippen molar-refractivity contribution in [1.82, 2.24) is 9.97 Å². The lowest BCUT2D eigenvalue weighted by molar-refractivity contribution is 1.29. The van der Waals surface area contributed by atoms with E-state index in [0.717, 1.165) is 44.7 Å². The Kier molecular flexibility index (Phi) is 5.91. The Morgan fingerprint density at radius 2 is 0.583 bits per heavy atom. The van der Waals surface area contributed by atoms with Gasteiger partial charge in [0, 0.05) is 0 Å². The molecule has 224 valence electrons. The molecule has 0 aliphatic heterocycles. The fraction of sp³-hybridized carbons (Fsp3) is 0. The van der Waals surface area contributed by atoms with Gasteiger partial charge in [-0.3, -0.25) is 9.97 Å². The molecule has 0 atom stereocenters. The van der Waals surface area contributed by atoms with E-state index in [1.54, 1.807) is 0 Å². The van der Waals surface area contributed by atoms with Crippen molar-refractivity contribution >= 4 is 54.1 Å². The molecule has 0 aliphatic rings. The second-order valence-corrected chi connectivity index (χ2v) is 12.4. The molecule has 0 amide bonds. The highest BCUT2D eigenvalue weighted by atomic mass is 14.8. The highest BCUT2D eigenvalue weighted by Gasteiger charge is 2.19. The summed E-state index contributed by atoms with van der Waals surface area (Å²) in [4.78, 5) is 10.9. The van der Waals surface area contributed by atoms with Crippen LogP contribution >= 0.6 is 0 Å². The van der Waals surface area contributed by atoms with Crippen LogP contribution in [-0.2, 0) is 0 Å². The average Bonchev–Trinajstić information content (AvgIpc) is 3.67. The standard InChI is InChI=1S/C46H28N2/c1-5-19-33-29(15-1)30-16-2-6-20-34(30)43(33)37-23-9-11-25-39(37)45-46(48-42-28-14-13-27-41(42)47-45)40-26-12-10-24-38(40)44-35-21-7-3-17-31(35)32-18-4-8-22-36(32)44/h1-28H/q-2. The third kappa shape index (κ3) is 3.93. The molecule has 10 rings (SSSR count). The molecule has 0 aliphatic carbocycles. The van der Waals surface area contributed by atoms with Gasteiger partial charge in [-0.2, -0.15) is 0 Å². The number of benzene rings is 7. The van der Waals surface area contributed by atoms with Crippen LogP contribution in [0.2, 0.25) is 0 Å². The summed E-state index contributed by atoms with van der Waals surface area (Å²) in [6.07, 6.45) is 0. The van der Waals surface area contributed by atoms with Gasteiger partial charge < -0.3 is 0 Å². The quantitative estimate of drug-likeness (QED) is 0.186. The monoisotopic (exact) mass is 608 g/mol. The summed E-state index contributed by atoms with van der Waals surface area (Å²) in [5.74, 6) is 0. The number of rotatable bonds is 4. The molecule has 0 N–H and O–H groups in total. The van der Waals surface area contributed by atoms with Crippen molar-refractivity contribution in [3.05, 3.63) is 170 Å². The van der Waals surface area contributed by atoms with Crippen molar-refractivity contribution in [2.75, 3.05) is 0 Å². The van der Waals surface area contributed by atoms with Gasteiger partial charge in [0.15, 0.2) is 0 Å². The van der Waals surface area contributed by atoms with Gasteiger partial charge >= 0.3 is 0 Å². The lowest BCUT2D eigenvalue weighted by Gasteiger charge is -2.21. The summed E-state index contributed by atoms with van der Waals surface area (Å²) in [7, 11) is 0. The molecular weight excluding hydrogens is 581 g/mol. The average molecular weight is 609 g/mol. The maximum atomic E-state index is 5.44. The molecule has 2 heteroatoms. The number of para-hydroxylation sites is 2. The SMILES string of the molecule is c1ccc(-[c-]2c3ccccc3c3ccccc32)c(-c2nc3ccccc3nc2-c2ccccc2-[c-]2c3ccccc3c3ccccc32)c1. The Labute approximate surface area is 277 Å². The molecular formula is C46H28N2-2. The summed E-state index contributed by atoms with van der Waals surface area (Å²) in [6.45, 7) is 0. The first-order valence-corrected chi connectivity index (χ1v) is 16.4. The van der Waals surface area contributed by atoms with Gasteiger partial charge in [-0.25, -0.2) is 0 Å². The van der Waals surface area contributed by atoms with Crippen LogP contribution in [-0.4, -0.2) is 9.97 Å². The van der Waals surface area contributed by atoms with E-state index in [9.17, 15) is 0 Å². The zero-order valence-electron chi connectivity index (χ0n) is 26.1. The van der Waals surface area contributed by atoms with Crippen molar-refractivity contribution in [3.8, 4) is 44.8 Å². The molecule has 2 nitrogen and oxygen atoms in total. The normalized spacial score (nSPS) is 11.8. The molecule has 0 saturated carbocycles. The third-order valence-electron chi connectivity index (χ3n) is 9.84. The first-order chi connectivity index (χ1) is 23.8. The minimum absolute atomic E-state index is 0.880. The Morgan fingerprint density at radius 3 is 0.958 bits per heavy atom. The fourth-order valence-corrected chi connectivity index (χ4v) is 7.81. The lowest BCUT2D eigenvalue weighted by Crippen LogP contribution is -1.98. The van der Waals surface area contributed by atoms with Crippen LogP contribution in [0, 0.1) is 0 Å². The van der Waals surface area contributed by atoms with E-state index < -0.39 is 0 Å². The predicted molar refractivity (Wildman–Crippen MR) is 202 cm³/mol. The topological polar surface area (TPSA) is 25.8 Å². The smallest absolute Gasteiger partial charge is 0.0888 e. The van der Waals surface area contributed by atoms with Crippen LogP contribution in [0.5, 0.6) is 0 Å². The summed E-state index contributed by atoms with van der Waals surface area (Å²) >= 11 is 0. The fourth-order valence-electron chi connectivity index (χ4n) is 7.81. The van der Waals surface area contributed by atoms with Gasteiger partial charge in [-0.1, -0.05) is 223 Å². The minimum Gasteiger partial charge on any atom is -0.250 e. The Hall–Kier alpha value is -6.38. The molecule has 1 aromatic heterocycles. The molecule has 1 heterocycles. The van der Waals surface area contributed by atoms with Crippen LogP contribution < -0.4 is 0 Å². The van der Waals surface area contributed by atoms with Gasteiger partial charge in [0.05, 0.1) is 22.4 Å². The molecule has 0 saturated heterocycles. The minimum atomic E-state index is 0.880. The Balaban J connectivity index is 1.31. The first kappa shape index (κ1) is 26.8. The van der Waals surface area contributed by atoms with E-state index in [1.807, 2.05) is 12.1 Å². The Bertz CT molecular complexity index is 2550. The molecule has 0 unspecified atom stereocenters. The van der Waals surface area contributed by atoms with E-state index >= 15 is 0 Å². The van der Waals surface area contributed by atoms with Crippen LogP contribution in [0.3, 0.4) is 0 Å². The summed E-state index contributed by atoms with van der Waals surface area (Å²) < 4.78 is 0. The number of nitrogens with zero attached hydrogens (tertiary/aromatic N) is 2. The Morgan fingerprint density at radius 1 is 0.292 bits per heavy atom. The zero-order valence-corrected chi connectivity index (χ0v) is 26.1. The van der Waals surface area contributed by atoms with Crippen LogP contribution in [0.15, 0.2) is 170 Å². The van der Waals surface area contributed by atoms with Crippen LogP contribution in [0.25, 0.3) is 98.9 Å². The van der Waals surface area contributed by atoms with Gasteiger partial charge in [-0.15, -0.1) is 0 Å². The summed E-state index contributed by atoms with van der Waals surface area (Å²) in [5.41, 5.74) is 10.4. The first-order valence-electron chi connectivity index (χ1n) is 16.4. The molecule has 10 aromatic rings.